The van der Waals surface area contributed by atoms with Crippen LogP contribution in [-0.4, -0.2) is 45.3 Å². The van der Waals surface area contributed by atoms with E-state index in [-0.39, 0.29) is 0 Å². The molecule has 0 bridgehead atoms. The molecule has 1 rings (SSSR count). The third-order valence-electron chi connectivity index (χ3n) is 3.61. The topological polar surface area (TPSA) is 24.5 Å². The summed E-state index contributed by atoms with van der Waals surface area (Å²) in [4.78, 5) is 2.36. The zero-order chi connectivity index (χ0) is 15.5. The molecule has 4 heteroatoms. The van der Waals surface area contributed by atoms with E-state index in [0.717, 1.165) is 50.5 Å². The number of nitrogens with one attached hydrogen (secondary N) is 1. The average Bonchev–Trinajstić information content (AvgIpc) is 2.49. The molecule has 0 aliphatic heterocycles. The summed E-state index contributed by atoms with van der Waals surface area (Å²) >= 11 is 6.35. The molecule has 0 radical (unpaired) electrons. The van der Waals surface area contributed by atoms with E-state index in [9.17, 15) is 0 Å². The van der Waals surface area contributed by atoms with Gasteiger partial charge in [0.25, 0.3) is 0 Å². The Balaban J connectivity index is 2.52. The van der Waals surface area contributed by atoms with Crippen LogP contribution in [0.1, 0.15) is 37.8 Å². The van der Waals surface area contributed by atoms with Gasteiger partial charge in [-0.15, -0.1) is 0 Å². The lowest BCUT2D eigenvalue weighted by Crippen LogP contribution is -2.29. The third kappa shape index (κ3) is 7.28. The minimum absolute atomic E-state index is 0.323. The Hall–Kier alpha value is -0.610. The Morgan fingerprint density at radius 2 is 2.05 bits per heavy atom. The summed E-state index contributed by atoms with van der Waals surface area (Å²) in [6, 6.07) is 8.47. The van der Waals surface area contributed by atoms with Gasteiger partial charge in [0.2, 0.25) is 0 Å². The second kappa shape index (κ2) is 11.0. The average molecular weight is 313 g/mol. The number of halogens is 1. The van der Waals surface area contributed by atoms with Crippen LogP contribution in [0.15, 0.2) is 24.3 Å². The molecule has 0 aliphatic carbocycles. The maximum atomic E-state index is 6.35. The van der Waals surface area contributed by atoms with Gasteiger partial charge in [0.05, 0.1) is 0 Å². The zero-order valence-electron chi connectivity index (χ0n) is 13.6. The summed E-state index contributed by atoms with van der Waals surface area (Å²) in [6.45, 7) is 6.15. The van der Waals surface area contributed by atoms with Gasteiger partial charge in [-0.05, 0) is 51.0 Å². The lowest BCUT2D eigenvalue weighted by molar-refractivity contribution is 0.178. The Bertz CT molecular complexity index is 387. The molecule has 0 saturated heterocycles. The Kier molecular flexibility index (Phi) is 9.68. The molecule has 1 aromatic carbocycles. The zero-order valence-corrected chi connectivity index (χ0v) is 14.3. The van der Waals surface area contributed by atoms with Crippen LogP contribution >= 0.6 is 11.6 Å². The molecule has 120 valence electrons. The van der Waals surface area contributed by atoms with Crippen LogP contribution in [0.2, 0.25) is 5.02 Å². The Morgan fingerprint density at radius 3 is 2.71 bits per heavy atom. The number of rotatable bonds is 11. The van der Waals surface area contributed by atoms with Crippen molar-refractivity contribution in [3.63, 3.8) is 0 Å². The van der Waals surface area contributed by atoms with Gasteiger partial charge in [-0.1, -0.05) is 36.7 Å². The largest absolute Gasteiger partial charge is 0.385 e. The molecular formula is C17H29ClN2O. The van der Waals surface area contributed by atoms with Crippen LogP contribution in [0, 0.1) is 0 Å². The standard InChI is InChI=1S/C17H29ClN2O/c1-4-11-19-17(15-8-5-6-9-16(15)18)10-13-20(2)12-7-14-21-3/h5-6,8-9,17,19H,4,7,10-14H2,1-3H3. The molecule has 1 aromatic rings. The summed E-state index contributed by atoms with van der Waals surface area (Å²) in [5, 5.41) is 4.47. The van der Waals surface area contributed by atoms with Crippen molar-refractivity contribution in [3.8, 4) is 0 Å². The lowest BCUT2D eigenvalue weighted by Gasteiger charge is -2.23. The summed E-state index contributed by atoms with van der Waals surface area (Å²) in [5.41, 5.74) is 1.21. The molecule has 1 N–H and O–H groups in total. The number of benzene rings is 1. The number of nitrogens with zero attached hydrogens (tertiary/aromatic N) is 1. The van der Waals surface area contributed by atoms with Crippen molar-refractivity contribution in [1.29, 1.82) is 0 Å². The van der Waals surface area contributed by atoms with Gasteiger partial charge in [-0.2, -0.15) is 0 Å². The van der Waals surface area contributed by atoms with Crippen molar-refractivity contribution in [3.05, 3.63) is 34.9 Å². The molecule has 1 atom stereocenters. The second-order valence-electron chi connectivity index (χ2n) is 5.47. The molecule has 1 unspecified atom stereocenters. The SMILES string of the molecule is CCCNC(CCN(C)CCCOC)c1ccccc1Cl. The fourth-order valence-electron chi connectivity index (χ4n) is 2.38. The monoisotopic (exact) mass is 312 g/mol. The predicted octanol–water partition coefficient (Wildman–Crippen LogP) is 3.74. The minimum atomic E-state index is 0.323. The fraction of sp³-hybridized carbons (Fsp3) is 0.647. The summed E-state index contributed by atoms with van der Waals surface area (Å²) in [5.74, 6) is 0. The van der Waals surface area contributed by atoms with Crippen molar-refractivity contribution in [2.45, 2.75) is 32.2 Å². The van der Waals surface area contributed by atoms with E-state index in [1.54, 1.807) is 7.11 Å². The van der Waals surface area contributed by atoms with Crippen molar-refractivity contribution < 1.29 is 4.74 Å². The van der Waals surface area contributed by atoms with Gasteiger partial charge in [0, 0.05) is 31.3 Å². The first-order chi connectivity index (χ1) is 10.2. The van der Waals surface area contributed by atoms with E-state index in [0.29, 0.717) is 6.04 Å². The molecule has 0 amide bonds. The van der Waals surface area contributed by atoms with Gasteiger partial charge in [0.1, 0.15) is 0 Å². The smallest absolute Gasteiger partial charge is 0.0474 e. The predicted molar refractivity (Wildman–Crippen MR) is 91.1 cm³/mol. The quantitative estimate of drug-likeness (QED) is 0.630. The van der Waals surface area contributed by atoms with E-state index >= 15 is 0 Å². The normalized spacial score (nSPS) is 12.8. The molecule has 0 spiro atoms. The van der Waals surface area contributed by atoms with Crippen LogP contribution in [-0.2, 0) is 4.74 Å². The summed E-state index contributed by atoms with van der Waals surface area (Å²) in [6.07, 6.45) is 3.27. The lowest BCUT2D eigenvalue weighted by atomic mass is 10.0. The van der Waals surface area contributed by atoms with E-state index in [1.807, 2.05) is 12.1 Å². The van der Waals surface area contributed by atoms with Crippen molar-refractivity contribution in [2.24, 2.45) is 0 Å². The summed E-state index contributed by atoms with van der Waals surface area (Å²) < 4.78 is 5.10. The number of hydrogen-bond donors (Lipinski definition) is 1. The molecule has 0 heterocycles. The number of methoxy groups -OCH3 is 1. The molecule has 0 fully saturated rings. The van der Waals surface area contributed by atoms with E-state index in [1.165, 1.54) is 5.56 Å². The van der Waals surface area contributed by atoms with Crippen LogP contribution in [0.25, 0.3) is 0 Å². The highest BCUT2D eigenvalue weighted by Gasteiger charge is 2.14. The molecule has 0 aromatic heterocycles. The molecule has 0 aliphatic rings. The molecule has 3 nitrogen and oxygen atoms in total. The van der Waals surface area contributed by atoms with Gasteiger partial charge >= 0.3 is 0 Å². The third-order valence-corrected chi connectivity index (χ3v) is 3.95. The van der Waals surface area contributed by atoms with Gasteiger partial charge < -0.3 is 15.0 Å². The fourth-order valence-corrected chi connectivity index (χ4v) is 2.65. The first kappa shape index (κ1) is 18.4. The minimum Gasteiger partial charge on any atom is -0.385 e. The van der Waals surface area contributed by atoms with Crippen LogP contribution in [0.4, 0.5) is 0 Å². The van der Waals surface area contributed by atoms with Crippen molar-refractivity contribution in [2.75, 3.05) is 40.4 Å². The van der Waals surface area contributed by atoms with Crippen LogP contribution in [0.5, 0.6) is 0 Å². The Morgan fingerprint density at radius 1 is 1.29 bits per heavy atom. The number of ether oxygens (including phenoxy) is 1. The van der Waals surface area contributed by atoms with Crippen molar-refractivity contribution in [1.82, 2.24) is 10.2 Å². The van der Waals surface area contributed by atoms with E-state index < -0.39 is 0 Å². The first-order valence-corrected chi connectivity index (χ1v) is 8.22. The van der Waals surface area contributed by atoms with Crippen LogP contribution < -0.4 is 5.32 Å². The van der Waals surface area contributed by atoms with Gasteiger partial charge in [-0.25, -0.2) is 0 Å². The first-order valence-electron chi connectivity index (χ1n) is 7.84. The maximum Gasteiger partial charge on any atom is 0.0474 e. The number of hydrogen-bond acceptors (Lipinski definition) is 3. The van der Waals surface area contributed by atoms with E-state index in [4.69, 9.17) is 16.3 Å². The molecule has 0 saturated carbocycles. The Labute approximate surface area is 134 Å². The highest BCUT2D eigenvalue weighted by molar-refractivity contribution is 6.31. The summed E-state index contributed by atoms with van der Waals surface area (Å²) in [7, 11) is 3.92. The highest BCUT2D eigenvalue weighted by Crippen LogP contribution is 2.25. The second-order valence-corrected chi connectivity index (χ2v) is 5.87. The van der Waals surface area contributed by atoms with Crippen LogP contribution in [0.3, 0.4) is 0 Å². The highest BCUT2D eigenvalue weighted by atomic mass is 35.5. The molecule has 21 heavy (non-hydrogen) atoms. The maximum absolute atomic E-state index is 6.35. The van der Waals surface area contributed by atoms with Gasteiger partial charge in [-0.3, -0.25) is 0 Å². The van der Waals surface area contributed by atoms with Crippen molar-refractivity contribution >= 4 is 11.6 Å². The molecular weight excluding hydrogens is 284 g/mol. The van der Waals surface area contributed by atoms with Gasteiger partial charge in [0.15, 0.2) is 0 Å². The van der Waals surface area contributed by atoms with E-state index in [2.05, 4.69) is 36.3 Å².